The summed E-state index contributed by atoms with van der Waals surface area (Å²) in [7, 11) is 0. The molecule has 3 rings (SSSR count). The zero-order chi connectivity index (χ0) is 17.7. The first-order valence-electron chi connectivity index (χ1n) is 8.34. The molecule has 0 N–H and O–H groups in total. The van der Waals surface area contributed by atoms with Gasteiger partial charge in [-0.1, -0.05) is 35.4 Å². The highest BCUT2D eigenvalue weighted by Gasteiger charge is 2.55. The van der Waals surface area contributed by atoms with Crippen molar-refractivity contribution in [3.8, 4) is 0 Å². The second-order valence-corrected chi connectivity index (χ2v) is 6.43. The number of ether oxygens (including phenoxy) is 5. The molecule has 8 nitrogen and oxygen atoms in total. The van der Waals surface area contributed by atoms with Crippen molar-refractivity contribution in [1.82, 2.24) is 0 Å². The summed E-state index contributed by atoms with van der Waals surface area (Å²) in [4.78, 5) is 2.72. The fraction of sp³-hybridized carbons (Fsp3) is 0.647. The maximum atomic E-state index is 8.37. The summed E-state index contributed by atoms with van der Waals surface area (Å²) in [6.07, 6.45) is -1.45. The molecule has 0 saturated carbocycles. The van der Waals surface area contributed by atoms with E-state index in [0.717, 1.165) is 5.56 Å². The largest absolute Gasteiger partial charge is 0.374 e. The number of hydrogen-bond acceptors (Lipinski definition) is 6. The van der Waals surface area contributed by atoms with E-state index < -0.39 is 12.1 Å². The van der Waals surface area contributed by atoms with Crippen molar-refractivity contribution in [2.45, 2.75) is 50.8 Å². The highest BCUT2D eigenvalue weighted by atomic mass is 16.8. The summed E-state index contributed by atoms with van der Waals surface area (Å²) in [5.41, 5.74) is 9.46. The van der Waals surface area contributed by atoms with E-state index in [1.165, 1.54) is 0 Å². The lowest BCUT2D eigenvalue weighted by molar-refractivity contribution is -0.223. The number of fused-ring (bicyclic) bond motifs is 1. The number of benzene rings is 1. The third-order valence-corrected chi connectivity index (χ3v) is 4.05. The fourth-order valence-corrected chi connectivity index (χ4v) is 3.02. The Labute approximate surface area is 146 Å². The van der Waals surface area contributed by atoms with E-state index in [0.29, 0.717) is 19.8 Å². The number of nitrogens with zero attached hydrogens (tertiary/aromatic N) is 3. The first-order chi connectivity index (χ1) is 12.1. The molecule has 1 aromatic rings. The quantitative estimate of drug-likeness (QED) is 0.311. The van der Waals surface area contributed by atoms with Gasteiger partial charge in [0.05, 0.1) is 19.8 Å². The van der Waals surface area contributed by atoms with Crippen molar-refractivity contribution in [2.75, 3.05) is 19.8 Å². The lowest BCUT2D eigenvalue weighted by atomic mass is 10.1. The first kappa shape index (κ1) is 18.1. The van der Waals surface area contributed by atoms with Crippen molar-refractivity contribution >= 4 is 0 Å². The van der Waals surface area contributed by atoms with Crippen LogP contribution in [0.25, 0.3) is 10.4 Å². The van der Waals surface area contributed by atoms with Crippen molar-refractivity contribution in [3.05, 3.63) is 46.3 Å². The molecule has 0 unspecified atom stereocenters. The molecule has 2 aliphatic heterocycles. The Hall–Kier alpha value is -1.67. The number of hydrogen-bond donors (Lipinski definition) is 0. The molecule has 0 spiro atoms. The highest BCUT2D eigenvalue weighted by molar-refractivity contribution is 5.13. The van der Waals surface area contributed by atoms with Gasteiger partial charge < -0.3 is 23.7 Å². The SMILES string of the molecule is CC1(C)O[C@H]2O[C@H](COCc3ccccc3)[C@@H](OCCN=[N+]=[N-])[C@H]2O1. The second kappa shape index (κ2) is 8.14. The lowest BCUT2D eigenvalue weighted by Gasteiger charge is -2.25. The monoisotopic (exact) mass is 349 g/mol. The molecule has 136 valence electrons. The minimum Gasteiger partial charge on any atom is -0.374 e. The maximum absolute atomic E-state index is 8.37. The van der Waals surface area contributed by atoms with Crippen LogP contribution in [0.4, 0.5) is 0 Å². The average molecular weight is 349 g/mol. The highest BCUT2D eigenvalue weighted by Crippen LogP contribution is 2.38. The molecule has 0 radical (unpaired) electrons. The van der Waals surface area contributed by atoms with Crippen LogP contribution in [0, 0.1) is 0 Å². The molecular weight excluding hydrogens is 326 g/mol. The third kappa shape index (κ3) is 4.70. The van der Waals surface area contributed by atoms with Gasteiger partial charge in [0.25, 0.3) is 0 Å². The molecule has 0 bridgehead atoms. The van der Waals surface area contributed by atoms with Gasteiger partial charge in [-0.25, -0.2) is 0 Å². The second-order valence-electron chi connectivity index (χ2n) is 6.43. The van der Waals surface area contributed by atoms with Crippen LogP contribution in [0.2, 0.25) is 0 Å². The fourth-order valence-electron chi connectivity index (χ4n) is 3.02. The van der Waals surface area contributed by atoms with Crippen LogP contribution >= 0.6 is 0 Å². The minimum absolute atomic E-state index is 0.256. The molecule has 25 heavy (non-hydrogen) atoms. The molecular formula is C17H23N3O5. The van der Waals surface area contributed by atoms with Gasteiger partial charge in [0.15, 0.2) is 12.1 Å². The van der Waals surface area contributed by atoms with E-state index in [9.17, 15) is 0 Å². The van der Waals surface area contributed by atoms with Gasteiger partial charge in [0.2, 0.25) is 0 Å². The van der Waals surface area contributed by atoms with E-state index in [1.807, 2.05) is 44.2 Å². The van der Waals surface area contributed by atoms with Crippen molar-refractivity contribution in [3.63, 3.8) is 0 Å². The van der Waals surface area contributed by atoms with Crippen molar-refractivity contribution in [2.24, 2.45) is 5.11 Å². The smallest absolute Gasteiger partial charge is 0.190 e. The summed E-state index contributed by atoms with van der Waals surface area (Å²) < 4.78 is 29.2. The summed E-state index contributed by atoms with van der Waals surface area (Å²) in [5, 5.41) is 3.49. The summed E-state index contributed by atoms with van der Waals surface area (Å²) in [5.74, 6) is -0.711. The van der Waals surface area contributed by atoms with E-state index in [1.54, 1.807) is 0 Å². The maximum Gasteiger partial charge on any atom is 0.190 e. The Morgan fingerprint density at radius 3 is 2.80 bits per heavy atom. The van der Waals surface area contributed by atoms with Gasteiger partial charge in [-0.05, 0) is 24.9 Å². The van der Waals surface area contributed by atoms with Crippen LogP contribution in [0.15, 0.2) is 35.4 Å². The van der Waals surface area contributed by atoms with E-state index in [2.05, 4.69) is 10.0 Å². The third-order valence-electron chi connectivity index (χ3n) is 4.05. The average Bonchev–Trinajstić information content (AvgIpc) is 3.04. The Bertz CT molecular complexity index is 606. The Balaban J connectivity index is 1.56. The molecule has 2 saturated heterocycles. The topological polar surface area (TPSA) is 94.9 Å². The number of azide groups is 1. The van der Waals surface area contributed by atoms with Gasteiger partial charge in [0.1, 0.15) is 18.3 Å². The molecule has 2 heterocycles. The van der Waals surface area contributed by atoms with Crippen LogP contribution < -0.4 is 0 Å². The molecule has 0 amide bonds. The summed E-state index contributed by atoms with van der Waals surface area (Å²) >= 11 is 0. The standard InChI is InChI=1S/C17H23N3O5/c1-17(2)24-15-14(22-9-8-19-20-18)13(23-16(15)25-17)11-21-10-12-6-4-3-5-7-12/h3-7,13-16H,8-11H2,1-2H3/t13-,14-,15-,16-/m1/s1. The van der Waals surface area contributed by atoms with Gasteiger partial charge in [-0.2, -0.15) is 0 Å². The lowest BCUT2D eigenvalue weighted by Crippen LogP contribution is -2.39. The van der Waals surface area contributed by atoms with Crippen LogP contribution in [-0.4, -0.2) is 50.1 Å². The van der Waals surface area contributed by atoms with Gasteiger partial charge in [0, 0.05) is 11.5 Å². The van der Waals surface area contributed by atoms with Crippen LogP contribution in [0.1, 0.15) is 19.4 Å². The summed E-state index contributed by atoms with van der Waals surface area (Å²) in [6.45, 7) is 5.08. The minimum atomic E-state index is -0.711. The molecule has 4 atom stereocenters. The van der Waals surface area contributed by atoms with E-state index >= 15 is 0 Å². The van der Waals surface area contributed by atoms with Gasteiger partial charge in [-0.3, -0.25) is 0 Å². The molecule has 2 fully saturated rings. The van der Waals surface area contributed by atoms with E-state index in [4.69, 9.17) is 29.2 Å². The van der Waals surface area contributed by atoms with Crippen molar-refractivity contribution in [1.29, 1.82) is 0 Å². The number of rotatable bonds is 8. The van der Waals surface area contributed by atoms with Crippen LogP contribution in [0.5, 0.6) is 0 Å². The predicted octanol–water partition coefficient (Wildman–Crippen LogP) is 2.78. The molecule has 1 aromatic carbocycles. The zero-order valence-electron chi connectivity index (χ0n) is 14.4. The zero-order valence-corrected chi connectivity index (χ0v) is 14.4. The summed E-state index contributed by atoms with van der Waals surface area (Å²) in [6, 6.07) is 9.93. The predicted molar refractivity (Wildman–Crippen MR) is 88.5 cm³/mol. The van der Waals surface area contributed by atoms with Crippen molar-refractivity contribution < 1.29 is 23.7 Å². The van der Waals surface area contributed by atoms with Crippen LogP contribution in [-0.2, 0) is 30.3 Å². The van der Waals surface area contributed by atoms with Crippen LogP contribution in [0.3, 0.4) is 0 Å². The van der Waals surface area contributed by atoms with Gasteiger partial charge in [-0.15, -0.1) is 0 Å². The molecule has 8 heteroatoms. The molecule has 0 aliphatic carbocycles. The van der Waals surface area contributed by atoms with E-state index in [-0.39, 0.29) is 24.9 Å². The van der Waals surface area contributed by atoms with Gasteiger partial charge >= 0.3 is 0 Å². The Morgan fingerprint density at radius 1 is 1.24 bits per heavy atom. The Kier molecular flexibility index (Phi) is 5.90. The Morgan fingerprint density at radius 2 is 2.04 bits per heavy atom. The first-order valence-corrected chi connectivity index (χ1v) is 8.34. The molecule has 2 aliphatic rings. The molecule has 0 aromatic heterocycles. The normalized spacial score (nSPS) is 30.0.